The topological polar surface area (TPSA) is 69.4 Å². The highest BCUT2D eigenvalue weighted by molar-refractivity contribution is 7.90. The predicted molar refractivity (Wildman–Crippen MR) is 80.5 cm³/mol. The van der Waals surface area contributed by atoms with E-state index in [2.05, 4.69) is 0 Å². The zero-order chi connectivity index (χ0) is 14.9. The van der Waals surface area contributed by atoms with Gasteiger partial charge in [-0.05, 0) is 36.4 Å². The number of hydrogen-bond donors (Lipinski definition) is 1. The maximum atomic E-state index is 11.4. The molecule has 4 nitrogen and oxygen atoms in total. The van der Waals surface area contributed by atoms with Crippen molar-refractivity contribution in [1.29, 1.82) is 0 Å². The monoisotopic (exact) mass is 331 g/mol. The van der Waals surface area contributed by atoms with E-state index in [4.69, 9.17) is 33.7 Å². The molecule has 7 heteroatoms. The van der Waals surface area contributed by atoms with Crippen LogP contribution in [0.25, 0.3) is 0 Å². The normalized spacial score (nSPS) is 11.3. The zero-order valence-corrected chi connectivity index (χ0v) is 12.8. The van der Waals surface area contributed by atoms with Crippen molar-refractivity contribution < 1.29 is 13.2 Å². The molecular weight excluding hydrogens is 321 g/mol. The van der Waals surface area contributed by atoms with Crippen LogP contribution in [0.2, 0.25) is 10.0 Å². The largest absolute Gasteiger partial charge is 0.455 e. The van der Waals surface area contributed by atoms with Crippen LogP contribution >= 0.6 is 23.2 Å². The molecule has 0 unspecified atom stereocenters. The van der Waals surface area contributed by atoms with Gasteiger partial charge in [-0.2, -0.15) is 0 Å². The van der Waals surface area contributed by atoms with E-state index in [9.17, 15) is 8.42 Å². The molecule has 0 saturated carbocycles. The van der Waals surface area contributed by atoms with Gasteiger partial charge in [-0.1, -0.05) is 23.2 Å². The molecule has 0 atom stereocenters. The van der Waals surface area contributed by atoms with E-state index in [1.165, 1.54) is 18.2 Å². The maximum absolute atomic E-state index is 11.4. The van der Waals surface area contributed by atoms with E-state index in [1.54, 1.807) is 18.2 Å². The van der Waals surface area contributed by atoms with Gasteiger partial charge in [0.2, 0.25) is 0 Å². The fourth-order valence-corrected chi connectivity index (χ4v) is 2.73. The van der Waals surface area contributed by atoms with Crippen molar-refractivity contribution in [3.05, 3.63) is 46.4 Å². The molecule has 0 radical (unpaired) electrons. The molecule has 0 bridgehead atoms. The summed E-state index contributed by atoms with van der Waals surface area (Å²) in [6, 6.07) is 8.99. The Kier molecular flexibility index (Phi) is 4.13. The second-order valence-electron chi connectivity index (χ2n) is 4.18. The average Bonchev–Trinajstić information content (AvgIpc) is 2.29. The molecule has 0 saturated heterocycles. The molecule has 0 aliphatic heterocycles. The Morgan fingerprint density at radius 1 is 1.05 bits per heavy atom. The Morgan fingerprint density at radius 2 is 1.65 bits per heavy atom. The summed E-state index contributed by atoms with van der Waals surface area (Å²) in [7, 11) is -3.31. The van der Waals surface area contributed by atoms with Gasteiger partial charge in [-0.25, -0.2) is 8.42 Å². The molecule has 2 aromatic carbocycles. The van der Waals surface area contributed by atoms with E-state index in [1.807, 2.05) is 0 Å². The maximum Gasteiger partial charge on any atom is 0.175 e. The third kappa shape index (κ3) is 3.56. The van der Waals surface area contributed by atoms with Crippen LogP contribution in [0.4, 0.5) is 5.69 Å². The van der Waals surface area contributed by atoms with Crippen LogP contribution in [-0.2, 0) is 9.84 Å². The van der Waals surface area contributed by atoms with Crippen molar-refractivity contribution >= 4 is 38.7 Å². The highest BCUT2D eigenvalue weighted by atomic mass is 35.5. The SMILES string of the molecule is CS(=O)(=O)c1ccc(Oc2cc(Cl)cc(Cl)c2)c(N)c1. The third-order valence-corrected chi connectivity index (χ3v) is 4.02. The van der Waals surface area contributed by atoms with Crippen molar-refractivity contribution in [1.82, 2.24) is 0 Å². The Balaban J connectivity index is 2.35. The molecule has 0 heterocycles. The van der Waals surface area contributed by atoms with Gasteiger partial charge < -0.3 is 10.5 Å². The molecule has 0 aromatic heterocycles. The van der Waals surface area contributed by atoms with Crippen molar-refractivity contribution in [3.8, 4) is 11.5 Å². The van der Waals surface area contributed by atoms with Crippen molar-refractivity contribution in [3.63, 3.8) is 0 Å². The molecule has 0 fully saturated rings. The van der Waals surface area contributed by atoms with E-state index in [-0.39, 0.29) is 10.6 Å². The number of halogens is 2. The van der Waals surface area contributed by atoms with Gasteiger partial charge >= 0.3 is 0 Å². The fraction of sp³-hybridized carbons (Fsp3) is 0.0769. The molecule has 0 spiro atoms. The number of nitrogen functional groups attached to an aromatic ring is 1. The second kappa shape index (κ2) is 5.52. The lowest BCUT2D eigenvalue weighted by atomic mass is 10.3. The Hall–Kier alpha value is -1.43. The first-order valence-electron chi connectivity index (χ1n) is 5.49. The number of rotatable bonds is 3. The number of nitrogens with two attached hydrogens (primary N) is 1. The minimum atomic E-state index is -3.31. The fourth-order valence-electron chi connectivity index (χ4n) is 1.56. The van der Waals surface area contributed by atoms with Crippen molar-refractivity contribution in [2.24, 2.45) is 0 Å². The number of ether oxygens (including phenoxy) is 1. The highest BCUT2D eigenvalue weighted by Crippen LogP contribution is 2.32. The first-order chi connectivity index (χ1) is 9.25. The summed E-state index contributed by atoms with van der Waals surface area (Å²) in [5.74, 6) is 0.747. The molecule has 0 aliphatic rings. The summed E-state index contributed by atoms with van der Waals surface area (Å²) in [5.41, 5.74) is 6.00. The van der Waals surface area contributed by atoms with Crippen LogP contribution in [0.15, 0.2) is 41.3 Å². The lowest BCUT2D eigenvalue weighted by molar-refractivity contribution is 0.484. The molecular formula is C13H11Cl2NO3S. The highest BCUT2D eigenvalue weighted by Gasteiger charge is 2.11. The quantitative estimate of drug-likeness (QED) is 0.869. The summed E-state index contributed by atoms with van der Waals surface area (Å²) in [6.07, 6.45) is 1.11. The van der Waals surface area contributed by atoms with Gasteiger partial charge in [0.1, 0.15) is 11.5 Å². The van der Waals surface area contributed by atoms with Crippen LogP contribution in [-0.4, -0.2) is 14.7 Å². The van der Waals surface area contributed by atoms with Gasteiger partial charge in [-0.3, -0.25) is 0 Å². The van der Waals surface area contributed by atoms with Gasteiger partial charge in [0, 0.05) is 16.3 Å². The van der Waals surface area contributed by atoms with Gasteiger partial charge in [0.05, 0.1) is 10.6 Å². The Morgan fingerprint density at radius 3 is 2.15 bits per heavy atom. The summed E-state index contributed by atoms with van der Waals surface area (Å²) < 4.78 is 28.4. The first-order valence-corrected chi connectivity index (χ1v) is 8.14. The summed E-state index contributed by atoms with van der Waals surface area (Å²) in [5, 5.41) is 0.859. The van der Waals surface area contributed by atoms with Crippen molar-refractivity contribution in [2.45, 2.75) is 4.90 Å². The first kappa shape index (κ1) is 15.0. The molecule has 2 aromatic rings. The van der Waals surface area contributed by atoms with Gasteiger partial charge in [0.25, 0.3) is 0 Å². The van der Waals surface area contributed by atoms with Gasteiger partial charge in [0.15, 0.2) is 9.84 Å². The summed E-state index contributed by atoms with van der Waals surface area (Å²) in [6.45, 7) is 0. The minimum Gasteiger partial charge on any atom is -0.455 e. The van der Waals surface area contributed by atoms with Crippen LogP contribution in [0, 0.1) is 0 Å². The van der Waals surface area contributed by atoms with E-state index in [0.29, 0.717) is 21.5 Å². The molecule has 20 heavy (non-hydrogen) atoms. The number of benzene rings is 2. The standard InChI is InChI=1S/C13H11Cl2NO3S/c1-20(17,18)11-2-3-13(12(16)7-11)19-10-5-8(14)4-9(15)6-10/h2-7H,16H2,1H3. The molecule has 106 valence electrons. The molecule has 0 aliphatic carbocycles. The number of sulfone groups is 1. The predicted octanol–water partition coefficient (Wildman–Crippen LogP) is 3.77. The smallest absolute Gasteiger partial charge is 0.175 e. The summed E-state index contributed by atoms with van der Waals surface area (Å²) >= 11 is 11.7. The third-order valence-electron chi connectivity index (χ3n) is 2.47. The van der Waals surface area contributed by atoms with E-state index >= 15 is 0 Å². The van der Waals surface area contributed by atoms with Crippen LogP contribution in [0.5, 0.6) is 11.5 Å². The lowest BCUT2D eigenvalue weighted by Gasteiger charge is -2.10. The molecule has 2 rings (SSSR count). The number of anilines is 1. The van der Waals surface area contributed by atoms with E-state index < -0.39 is 9.84 Å². The van der Waals surface area contributed by atoms with E-state index in [0.717, 1.165) is 6.26 Å². The van der Waals surface area contributed by atoms with Crippen LogP contribution in [0.3, 0.4) is 0 Å². The zero-order valence-electron chi connectivity index (χ0n) is 10.4. The van der Waals surface area contributed by atoms with Gasteiger partial charge in [-0.15, -0.1) is 0 Å². The molecule has 0 amide bonds. The van der Waals surface area contributed by atoms with Crippen molar-refractivity contribution in [2.75, 3.05) is 12.0 Å². The lowest BCUT2D eigenvalue weighted by Crippen LogP contribution is -1.99. The minimum absolute atomic E-state index is 0.131. The van der Waals surface area contributed by atoms with Crippen LogP contribution < -0.4 is 10.5 Å². The second-order valence-corrected chi connectivity index (χ2v) is 7.07. The molecule has 2 N–H and O–H groups in total. The Bertz CT molecular complexity index is 740. The average molecular weight is 332 g/mol. The Labute approximate surface area is 127 Å². The van der Waals surface area contributed by atoms with Crippen LogP contribution in [0.1, 0.15) is 0 Å². The summed E-state index contributed by atoms with van der Waals surface area (Å²) in [4.78, 5) is 0.131. The number of hydrogen-bond acceptors (Lipinski definition) is 4.